The zero-order valence-corrected chi connectivity index (χ0v) is 13.4. The van der Waals surface area contributed by atoms with E-state index in [1.807, 2.05) is 54.6 Å². The number of halogens is 1. The van der Waals surface area contributed by atoms with Crippen LogP contribution in [0.15, 0.2) is 77.8 Å². The second kappa shape index (κ2) is 7.55. The molecule has 3 rings (SSSR count). The van der Waals surface area contributed by atoms with Crippen molar-refractivity contribution in [2.45, 2.75) is 13.5 Å². The number of hydrogen-bond acceptors (Lipinski definition) is 2. The first-order chi connectivity index (χ1) is 11.7. The van der Waals surface area contributed by atoms with Crippen LogP contribution in [0.5, 0.6) is 5.75 Å². The second-order valence-corrected chi connectivity index (χ2v) is 5.54. The van der Waals surface area contributed by atoms with Crippen LogP contribution < -0.4 is 4.74 Å². The lowest BCUT2D eigenvalue weighted by atomic mass is 10.2. The highest BCUT2D eigenvalue weighted by atomic mass is 19.1. The van der Waals surface area contributed by atoms with Gasteiger partial charge in [0.2, 0.25) is 0 Å². The first kappa shape index (κ1) is 15.9. The first-order valence-electron chi connectivity index (χ1n) is 7.78. The summed E-state index contributed by atoms with van der Waals surface area (Å²) in [7, 11) is 0. The molecular formula is C21H18FNO. The van der Waals surface area contributed by atoms with E-state index in [4.69, 9.17) is 4.74 Å². The van der Waals surface area contributed by atoms with Gasteiger partial charge in [0.1, 0.15) is 18.2 Å². The summed E-state index contributed by atoms with van der Waals surface area (Å²) in [5.41, 5.74) is 3.23. The number of aryl methyl sites for hydroxylation is 1. The van der Waals surface area contributed by atoms with Crippen LogP contribution in [0, 0.1) is 12.7 Å². The average molecular weight is 319 g/mol. The van der Waals surface area contributed by atoms with Crippen LogP contribution >= 0.6 is 0 Å². The van der Waals surface area contributed by atoms with E-state index < -0.39 is 0 Å². The van der Waals surface area contributed by atoms with E-state index in [9.17, 15) is 4.39 Å². The Labute approximate surface area is 141 Å². The van der Waals surface area contributed by atoms with Gasteiger partial charge in [-0.15, -0.1) is 0 Å². The number of hydrogen-bond donors (Lipinski definition) is 0. The van der Waals surface area contributed by atoms with Crippen LogP contribution in [0.25, 0.3) is 0 Å². The molecule has 0 saturated carbocycles. The fourth-order valence-electron chi connectivity index (χ4n) is 2.24. The van der Waals surface area contributed by atoms with Crippen LogP contribution in [0.1, 0.15) is 16.7 Å². The molecule has 0 aliphatic rings. The standard InChI is InChI=1S/C21H18FNO/c1-16-10-11-19(13-21(16)22)23-14-18-8-5-9-20(12-18)24-15-17-6-3-2-4-7-17/h2-14H,15H2,1H3. The molecule has 120 valence electrons. The lowest BCUT2D eigenvalue weighted by molar-refractivity contribution is 0.306. The van der Waals surface area contributed by atoms with E-state index in [1.54, 1.807) is 25.3 Å². The van der Waals surface area contributed by atoms with Gasteiger partial charge in [0, 0.05) is 6.21 Å². The normalized spacial score (nSPS) is 10.9. The highest BCUT2D eigenvalue weighted by molar-refractivity contribution is 5.82. The highest BCUT2D eigenvalue weighted by Gasteiger charge is 1.99. The summed E-state index contributed by atoms with van der Waals surface area (Å²) in [6.07, 6.45) is 1.71. The molecule has 0 aliphatic heterocycles. The molecule has 0 heterocycles. The quantitative estimate of drug-likeness (QED) is 0.572. The van der Waals surface area contributed by atoms with Crippen LogP contribution in [-0.4, -0.2) is 6.21 Å². The van der Waals surface area contributed by atoms with Crippen molar-refractivity contribution in [3.05, 3.63) is 95.3 Å². The smallest absolute Gasteiger partial charge is 0.128 e. The van der Waals surface area contributed by atoms with E-state index in [2.05, 4.69) is 4.99 Å². The molecule has 0 spiro atoms. The number of nitrogens with zero attached hydrogens (tertiary/aromatic N) is 1. The van der Waals surface area contributed by atoms with Gasteiger partial charge in [0.05, 0.1) is 5.69 Å². The molecule has 0 aromatic heterocycles. The molecule has 2 nitrogen and oxygen atoms in total. The van der Waals surface area contributed by atoms with E-state index in [-0.39, 0.29) is 5.82 Å². The number of rotatable bonds is 5. The Hall–Kier alpha value is -2.94. The van der Waals surface area contributed by atoms with Crippen molar-refractivity contribution < 1.29 is 9.13 Å². The highest BCUT2D eigenvalue weighted by Crippen LogP contribution is 2.18. The van der Waals surface area contributed by atoms with Crippen molar-refractivity contribution >= 4 is 11.9 Å². The lowest BCUT2D eigenvalue weighted by Crippen LogP contribution is -1.95. The molecule has 3 aromatic carbocycles. The average Bonchev–Trinajstić information content (AvgIpc) is 2.62. The summed E-state index contributed by atoms with van der Waals surface area (Å²) in [5.74, 6) is 0.530. The molecule has 24 heavy (non-hydrogen) atoms. The topological polar surface area (TPSA) is 21.6 Å². The molecule has 3 heteroatoms. The third kappa shape index (κ3) is 4.29. The predicted molar refractivity (Wildman–Crippen MR) is 95.6 cm³/mol. The summed E-state index contributed by atoms with van der Waals surface area (Å²) in [6, 6.07) is 22.6. The molecule has 0 amide bonds. The van der Waals surface area contributed by atoms with Gasteiger partial charge in [-0.25, -0.2) is 4.39 Å². The first-order valence-corrected chi connectivity index (χ1v) is 7.78. The van der Waals surface area contributed by atoms with Gasteiger partial charge in [-0.3, -0.25) is 4.99 Å². The third-order valence-corrected chi connectivity index (χ3v) is 3.62. The van der Waals surface area contributed by atoms with Gasteiger partial charge in [0.15, 0.2) is 0 Å². The zero-order chi connectivity index (χ0) is 16.8. The fraction of sp³-hybridized carbons (Fsp3) is 0.0952. The van der Waals surface area contributed by atoms with Crippen molar-refractivity contribution in [3.8, 4) is 5.75 Å². The third-order valence-electron chi connectivity index (χ3n) is 3.62. The number of aliphatic imine (C=N–C) groups is 1. The van der Waals surface area contributed by atoms with Crippen molar-refractivity contribution in [2.75, 3.05) is 0 Å². The van der Waals surface area contributed by atoms with E-state index in [0.29, 0.717) is 17.9 Å². The maximum absolute atomic E-state index is 13.5. The molecule has 0 radical (unpaired) electrons. The van der Waals surface area contributed by atoms with Crippen molar-refractivity contribution in [1.29, 1.82) is 0 Å². The summed E-state index contributed by atoms with van der Waals surface area (Å²) < 4.78 is 19.3. The minimum Gasteiger partial charge on any atom is -0.489 e. The number of ether oxygens (including phenoxy) is 1. The van der Waals surface area contributed by atoms with E-state index in [1.165, 1.54) is 6.07 Å². The Kier molecular flexibility index (Phi) is 5.02. The Bertz CT molecular complexity index is 843. The largest absolute Gasteiger partial charge is 0.489 e. The van der Waals surface area contributed by atoms with Crippen molar-refractivity contribution in [2.24, 2.45) is 4.99 Å². The maximum atomic E-state index is 13.5. The van der Waals surface area contributed by atoms with Gasteiger partial charge >= 0.3 is 0 Å². The minimum atomic E-state index is -0.246. The van der Waals surface area contributed by atoms with Gasteiger partial charge in [-0.1, -0.05) is 48.5 Å². The summed E-state index contributed by atoms with van der Waals surface area (Å²) in [4.78, 5) is 4.32. The lowest BCUT2D eigenvalue weighted by Gasteiger charge is -2.06. The van der Waals surface area contributed by atoms with Gasteiger partial charge in [-0.05, 0) is 47.9 Å². The molecule has 0 saturated heterocycles. The fourth-order valence-corrected chi connectivity index (χ4v) is 2.24. The Morgan fingerprint density at radius 2 is 1.79 bits per heavy atom. The molecule has 0 bridgehead atoms. The minimum absolute atomic E-state index is 0.246. The van der Waals surface area contributed by atoms with Crippen LogP contribution in [0.2, 0.25) is 0 Å². The van der Waals surface area contributed by atoms with E-state index >= 15 is 0 Å². The van der Waals surface area contributed by atoms with Crippen LogP contribution in [0.4, 0.5) is 10.1 Å². The molecular weight excluding hydrogens is 301 g/mol. The van der Waals surface area contributed by atoms with Crippen LogP contribution in [-0.2, 0) is 6.61 Å². The summed E-state index contributed by atoms with van der Waals surface area (Å²) >= 11 is 0. The molecule has 0 N–H and O–H groups in total. The van der Waals surface area contributed by atoms with Crippen molar-refractivity contribution in [1.82, 2.24) is 0 Å². The van der Waals surface area contributed by atoms with Crippen molar-refractivity contribution in [3.63, 3.8) is 0 Å². The van der Waals surface area contributed by atoms with Gasteiger partial charge in [-0.2, -0.15) is 0 Å². The maximum Gasteiger partial charge on any atom is 0.128 e. The molecule has 3 aromatic rings. The predicted octanol–water partition coefficient (Wildman–Crippen LogP) is 5.46. The summed E-state index contributed by atoms with van der Waals surface area (Å²) in [6.45, 7) is 2.25. The Balaban J connectivity index is 1.68. The molecule has 0 aliphatic carbocycles. The molecule has 0 fully saturated rings. The van der Waals surface area contributed by atoms with Gasteiger partial charge < -0.3 is 4.74 Å². The van der Waals surface area contributed by atoms with Crippen LogP contribution in [0.3, 0.4) is 0 Å². The van der Waals surface area contributed by atoms with E-state index in [0.717, 1.165) is 16.9 Å². The monoisotopic (exact) mass is 319 g/mol. The Morgan fingerprint density at radius 3 is 2.58 bits per heavy atom. The zero-order valence-electron chi connectivity index (χ0n) is 13.4. The molecule has 0 atom stereocenters. The second-order valence-electron chi connectivity index (χ2n) is 5.54. The van der Waals surface area contributed by atoms with Gasteiger partial charge in [0.25, 0.3) is 0 Å². The Morgan fingerprint density at radius 1 is 0.958 bits per heavy atom. The summed E-state index contributed by atoms with van der Waals surface area (Å²) in [5, 5.41) is 0. The SMILES string of the molecule is Cc1ccc(N=Cc2cccc(OCc3ccccc3)c2)cc1F. The molecule has 0 unspecified atom stereocenters. The number of benzene rings is 3.